The van der Waals surface area contributed by atoms with Gasteiger partial charge in [-0.1, -0.05) is 86.3 Å². The summed E-state index contributed by atoms with van der Waals surface area (Å²) < 4.78 is 1.67. The molecule has 1 unspecified atom stereocenters. The van der Waals surface area contributed by atoms with Crippen LogP contribution in [-0.2, 0) is 16.6 Å². The predicted molar refractivity (Wildman–Crippen MR) is 142 cm³/mol. The molecule has 0 bridgehead atoms. The van der Waals surface area contributed by atoms with Crippen LogP contribution in [0.5, 0.6) is 0 Å². The van der Waals surface area contributed by atoms with Crippen LogP contribution >= 0.6 is 11.8 Å². The summed E-state index contributed by atoms with van der Waals surface area (Å²) in [6.45, 7) is 4.28. The Morgan fingerprint density at radius 3 is 2.37 bits per heavy atom. The summed E-state index contributed by atoms with van der Waals surface area (Å²) in [7, 11) is 0. The first kappa shape index (κ1) is 23.1. The Labute approximate surface area is 209 Å². The van der Waals surface area contributed by atoms with Crippen molar-refractivity contribution in [2.45, 2.75) is 37.3 Å². The molecule has 6 heteroatoms. The number of thioether (sulfide) groups is 1. The van der Waals surface area contributed by atoms with Gasteiger partial charge in [0.15, 0.2) is 5.16 Å². The Hall–Kier alpha value is -3.64. The number of hydrogen-bond acceptors (Lipinski definition) is 4. The van der Waals surface area contributed by atoms with Gasteiger partial charge in [0.25, 0.3) is 5.56 Å². The minimum atomic E-state index is -0.321. The number of carbonyl (C=O) groups is 1. The third kappa shape index (κ3) is 4.42. The van der Waals surface area contributed by atoms with E-state index in [2.05, 4.69) is 25.2 Å². The molecular formula is C29H27N3O2S. The molecule has 3 aromatic carbocycles. The predicted octanol–water partition coefficient (Wildman–Crippen LogP) is 5.85. The standard InChI is InChI=1S/C29H27N3O2S/c1-3-29(2)18-20-12-10-11-17-23(20)26-25(29)27(34)32(22-15-8-5-9-16-22)28(31-26)35-19-24(33)30-21-13-6-4-7-14-21/h4-17H,3,18-19H2,1-2H3,(H,30,33). The lowest BCUT2D eigenvalue weighted by Crippen LogP contribution is -2.39. The van der Waals surface area contributed by atoms with Gasteiger partial charge in [0, 0.05) is 16.7 Å². The van der Waals surface area contributed by atoms with Crippen LogP contribution in [-0.4, -0.2) is 21.2 Å². The van der Waals surface area contributed by atoms with E-state index in [9.17, 15) is 9.59 Å². The van der Waals surface area contributed by atoms with Crippen LogP contribution in [0.2, 0.25) is 0 Å². The lowest BCUT2D eigenvalue weighted by atomic mass is 9.69. The number of nitrogens with one attached hydrogen (secondary N) is 1. The fourth-order valence-corrected chi connectivity index (χ4v) is 5.51. The van der Waals surface area contributed by atoms with Crippen molar-refractivity contribution in [3.05, 3.63) is 106 Å². The quantitative estimate of drug-likeness (QED) is 0.277. The van der Waals surface area contributed by atoms with Crippen LogP contribution in [0.15, 0.2) is 94.9 Å². The molecule has 1 heterocycles. The summed E-state index contributed by atoms with van der Waals surface area (Å²) in [5.41, 5.74) is 4.79. The average molecular weight is 482 g/mol. The second-order valence-electron chi connectivity index (χ2n) is 9.05. The van der Waals surface area contributed by atoms with Crippen LogP contribution in [0.3, 0.4) is 0 Å². The first-order chi connectivity index (χ1) is 17.0. The van der Waals surface area contributed by atoms with Crippen molar-refractivity contribution in [3.63, 3.8) is 0 Å². The van der Waals surface area contributed by atoms with E-state index in [1.807, 2.05) is 78.9 Å². The van der Waals surface area contributed by atoms with Crippen molar-refractivity contribution in [3.8, 4) is 16.9 Å². The summed E-state index contributed by atoms with van der Waals surface area (Å²) in [4.78, 5) is 31.9. The number of aromatic nitrogens is 2. The van der Waals surface area contributed by atoms with Crippen molar-refractivity contribution < 1.29 is 4.79 Å². The Balaban J connectivity index is 1.62. The fourth-order valence-electron chi connectivity index (χ4n) is 4.71. The topological polar surface area (TPSA) is 64.0 Å². The number of amides is 1. The second-order valence-corrected chi connectivity index (χ2v) is 9.99. The van der Waals surface area contributed by atoms with Crippen LogP contribution in [0.4, 0.5) is 5.69 Å². The number of anilines is 1. The molecular weight excluding hydrogens is 454 g/mol. The molecule has 4 aromatic rings. The molecule has 0 radical (unpaired) electrons. The van der Waals surface area contributed by atoms with Crippen LogP contribution < -0.4 is 10.9 Å². The average Bonchev–Trinajstić information content (AvgIpc) is 2.88. The van der Waals surface area contributed by atoms with E-state index in [0.717, 1.165) is 41.0 Å². The van der Waals surface area contributed by atoms with Crippen molar-refractivity contribution in [2.75, 3.05) is 11.1 Å². The summed E-state index contributed by atoms with van der Waals surface area (Å²) in [5.74, 6) is -0.00815. The zero-order valence-electron chi connectivity index (χ0n) is 19.8. The number of para-hydroxylation sites is 2. The zero-order chi connectivity index (χ0) is 24.4. The minimum Gasteiger partial charge on any atom is -0.325 e. The van der Waals surface area contributed by atoms with Gasteiger partial charge in [0.05, 0.1) is 22.7 Å². The van der Waals surface area contributed by atoms with Gasteiger partial charge in [-0.25, -0.2) is 4.98 Å². The van der Waals surface area contributed by atoms with Crippen LogP contribution in [0, 0.1) is 0 Å². The van der Waals surface area contributed by atoms with Crippen molar-refractivity contribution >= 4 is 23.4 Å². The molecule has 0 saturated carbocycles. The highest BCUT2D eigenvalue weighted by Gasteiger charge is 2.38. The van der Waals surface area contributed by atoms with E-state index in [0.29, 0.717) is 5.16 Å². The van der Waals surface area contributed by atoms with E-state index in [1.54, 1.807) is 4.57 Å². The van der Waals surface area contributed by atoms with E-state index in [1.165, 1.54) is 17.3 Å². The fraction of sp³-hybridized carbons (Fsp3) is 0.207. The molecule has 0 spiro atoms. The maximum Gasteiger partial charge on any atom is 0.263 e. The van der Waals surface area contributed by atoms with Gasteiger partial charge in [-0.3, -0.25) is 14.2 Å². The zero-order valence-corrected chi connectivity index (χ0v) is 20.6. The number of hydrogen-bond donors (Lipinski definition) is 1. The number of rotatable bonds is 6. The minimum absolute atomic E-state index is 0.0639. The van der Waals surface area contributed by atoms with E-state index >= 15 is 0 Å². The molecule has 35 heavy (non-hydrogen) atoms. The summed E-state index contributed by atoms with van der Waals surface area (Å²) in [5, 5.41) is 3.42. The van der Waals surface area contributed by atoms with Crippen molar-refractivity contribution in [1.82, 2.24) is 9.55 Å². The normalized spacial score (nSPS) is 16.3. The number of carbonyl (C=O) groups excluding carboxylic acids is 1. The number of nitrogens with zero attached hydrogens (tertiary/aromatic N) is 2. The Morgan fingerprint density at radius 1 is 1.00 bits per heavy atom. The second kappa shape index (κ2) is 9.55. The summed E-state index contributed by atoms with van der Waals surface area (Å²) in [6, 6.07) is 27.1. The molecule has 0 aliphatic heterocycles. The molecule has 5 nitrogen and oxygen atoms in total. The molecule has 1 aliphatic rings. The maximum atomic E-state index is 14.2. The van der Waals surface area contributed by atoms with Crippen LogP contribution in [0.25, 0.3) is 16.9 Å². The van der Waals surface area contributed by atoms with Gasteiger partial charge in [-0.05, 0) is 42.7 Å². The molecule has 1 atom stereocenters. The van der Waals surface area contributed by atoms with Gasteiger partial charge in [0.2, 0.25) is 5.91 Å². The van der Waals surface area contributed by atoms with Crippen molar-refractivity contribution in [2.24, 2.45) is 0 Å². The highest BCUT2D eigenvalue weighted by molar-refractivity contribution is 7.99. The third-order valence-corrected chi connectivity index (χ3v) is 7.63. The molecule has 1 aliphatic carbocycles. The Morgan fingerprint density at radius 2 is 1.66 bits per heavy atom. The van der Waals surface area contributed by atoms with Crippen molar-refractivity contribution in [1.29, 1.82) is 0 Å². The molecule has 1 aromatic heterocycles. The highest BCUT2D eigenvalue weighted by atomic mass is 32.2. The number of benzene rings is 3. The van der Waals surface area contributed by atoms with Gasteiger partial charge in [0.1, 0.15) is 0 Å². The first-order valence-electron chi connectivity index (χ1n) is 11.8. The van der Waals surface area contributed by atoms with E-state index < -0.39 is 0 Å². The molecule has 1 amide bonds. The third-order valence-electron chi connectivity index (χ3n) is 6.69. The number of fused-ring (bicyclic) bond motifs is 3. The maximum absolute atomic E-state index is 14.2. The highest BCUT2D eigenvalue weighted by Crippen LogP contribution is 2.43. The van der Waals surface area contributed by atoms with Gasteiger partial charge in [-0.15, -0.1) is 0 Å². The summed E-state index contributed by atoms with van der Waals surface area (Å²) in [6.07, 6.45) is 1.62. The van der Waals surface area contributed by atoms with Gasteiger partial charge in [-0.2, -0.15) is 0 Å². The SMILES string of the molecule is CCC1(C)Cc2ccccc2-c2nc(SCC(=O)Nc3ccccc3)n(-c3ccccc3)c(=O)c21. The Kier molecular flexibility index (Phi) is 6.31. The molecule has 0 fully saturated rings. The smallest absolute Gasteiger partial charge is 0.263 e. The first-order valence-corrected chi connectivity index (χ1v) is 12.8. The lowest BCUT2D eigenvalue weighted by molar-refractivity contribution is -0.113. The van der Waals surface area contributed by atoms with Gasteiger partial charge < -0.3 is 5.32 Å². The molecule has 176 valence electrons. The lowest BCUT2D eigenvalue weighted by Gasteiger charge is -2.35. The summed E-state index contributed by atoms with van der Waals surface area (Å²) >= 11 is 1.28. The molecule has 0 saturated heterocycles. The largest absolute Gasteiger partial charge is 0.325 e. The van der Waals surface area contributed by atoms with E-state index in [-0.39, 0.29) is 22.6 Å². The monoisotopic (exact) mass is 481 g/mol. The van der Waals surface area contributed by atoms with E-state index in [4.69, 9.17) is 4.98 Å². The Bertz CT molecular complexity index is 1430. The molecule has 1 N–H and O–H groups in total. The molecule has 5 rings (SSSR count). The van der Waals surface area contributed by atoms with Gasteiger partial charge >= 0.3 is 0 Å². The van der Waals surface area contributed by atoms with Crippen LogP contribution in [0.1, 0.15) is 31.4 Å².